The Kier molecular flexibility index (Phi) is 2.71. The van der Waals surface area contributed by atoms with Crippen molar-refractivity contribution in [3.8, 4) is 0 Å². The molecule has 0 fully saturated rings. The molecule has 0 saturated carbocycles. The van der Waals surface area contributed by atoms with Crippen LogP contribution in [0.5, 0.6) is 0 Å². The van der Waals surface area contributed by atoms with Crippen molar-refractivity contribution in [3.05, 3.63) is 23.4 Å². The van der Waals surface area contributed by atoms with Gasteiger partial charge in [-0.25, -0.2) is 4.79 Å². The van der Waals surface area contributed by atoms with Gasteiger partial charge in [-0.15, -0.1) is 11.8 Å². The van der Waals surface area contributed by atoms with Gasteiger partial charge in [-0.1, -0.05) is 27.4 Å². The van der Waals surface area contributed by atoms with Crippen LogP contribution in [0.15, 0.2) is 23.4 Å². The fourth-order valence-electron chi connectivity index (χ4n) is 0.904. The van der Waals surface area contributed by atoms with E-state index in [4.69, 9.17) is 0 Å². The number of thioether (sulfide) groups is 1. The Hall–Kier alpha value is -0.900. The molecule has 0 aromatic carbocycles. The third kappa shape index (κ3) is 3.55. The summed E-state index contributed by atoms with van der Waals surface area (Å²) < 4.78 is 0.0940. The first kappa shape index (κ1) is 10.2. The average Bonchev–Trinajstić information content (AvgIpc) is 1.78. The number of rotatable bonds is 1. The van der Waals surface area contributed by atoms with Crippen molar-refractivity contribution in [1.29, 1.82) is 0 Å². The normalized spacial score (nSPS) is 17.6. The van der Waals surface area contributed by atoms with Crippen LogP contribution in [0.3, 0.4) is 0 Å². The highest BCUT2D eigenvalue weighted by atomic mass is 32.2. The molecule has 0 aliphatic carbocycles. The largest absolute Gasteiger partial charge is 0.324 e. The summed E-state index contributed by atoms with van der Waals surface area (Å²) in [4.78, 5) is 11.0. The molecule has 0 aromatic heterocycles. The van der Waals surface area contributed by atoms with Crippen molar-refractivity contribution in [2.45, 2.75) is 25.5 Å². The van der Waals surface area contributed by atoms with Gasteiger partial charge in [0.1, 0.15) is 0 Å². The van der Waals surface area contributed by atoms with Crippen molar-refractivity contribution in [1.82, 2.24) is 10.6 Å². The fraction of sp³-hybridized carbons (Fsp3) is 0.444. The van der Waals surface area contributed by atoms with Crippen LogP contribution in [0.25, 0.3) is 0 Å². The molecular formula is C9H14N2OS. The number of hydrogen-bond acceptors (Lipinski definition) is 2. The van der Waals surface area contributed by atoms with Gasteiger partial charge in [-0.05, 0) is 6.08 Å². The van der Waals surface area contributed by atoms with Crippen molar-refractivity contribution < 1.29 is 4.79 Å². The Morgan fingerprint density at radius 3 is 2.46 bits per heavy atom. The molecule has 0 saturated heterocycles. The second kappa shape index (κ2) is 3.46. The van der Waals surface area contributed by atoms with Gasteiger partial charge in [0.25, 0.3) is 0 Å². The highest BCUT2D eigenvalue weighted by Crippen LogP contribution is 2.30. The topological polar surface area (TPSA) is 41.1 Å². The van der Waals surface area contributed by atoms with Gasteiger partial charge in [0.05, 0.1) is 5.03 Å². The SMILES string of the molecule is C=C1C=C(SC(C)(C)C)NC(=O)N1. The lowest BCUT2D eigenvalue weighted by atomic mass is 10.3. The Labute approximate surface area is 82.7 Å². The van der Waals surface area contributed by atoms with E-state index in [1.54, 1.807) is 11.8 Å². The Balaban J connectivity index is 2.70. The van der Waals surface area contributed by atoms with Crippen molar-refractivity contribution in [2.75, 3.05) is 0 Å². The first-order valence-corrected chi connectivity index (χ1v) is 4.86. The van der Waals surface area contributed by atoms with E-state index < -0.39 is 0 Å². The molecule has 0 radical (unpaired) electrons. The van der Waals surface area contributed by atoms with Crippen LogP contribution in [-0.4, -0.2) is 10.8 Å². The third-order valence-corrected chi connectivity index (χ3v) is 2.28. The first-order valence-electron chi connectivity index (χ1n) is 4.04. The summed E-state index contributed by atoms with van der Waals surface area (Å²) in [5, 5.41) is 6.13. The zero-order valence-corrected chi connectivity index (χ0v) is 8.92. The minimum absolute atomic E-state index is 0.0940. The molecule has 1 heterocycles. The maximum atomic E-state index is 11.0. The second-order valence-electron chi connectivity index (χ2n) is 3.83. The highest BCUT2D eigenvalue weighted by molar-refractivity contribution is 8.04. The third-order valence-electron chi connectivity index (χ3n) is 1.23. The second-order valence-corrected chi connectivity index (χ2v) is 5.70. The van der Waals surface area contributed by atoms with Gasteiger partial charge >= 0.3 is 6.03 Å². The molecule has 0 aromatic rings. The van der Waals surface area contributed by atoms with Crippen LogP contribution in [0, 0.1) is 0 Å². The molecule has 0 spiro atoms. The molecule has 0 atom stereocenters. The van der Waals surface area contributed by atoms with E-state index in [1.807, 2.05) is 6.08 Å². The predicted octanol–water partition coefficient (Wildman–Crippen LogP) is 2.19. The molecule has 2 N–H and O–H groups in total. The average molecular weight is 198 g/mol. The zero-order chi connectivity index (χ0) is 10.1. The number of urea groups is 1. The Morgan fingerprint density at radius 1 is 1.38 bits per heavy atom. The van der Waals surface area contributed by atoms with E-state index >= 15 is 0 Å². The van der Waals surface area contributed by atoms with E-state index in [1.165, 1.54) is 0 Å². The molecule has 2 amide bonds. The van der Waals surface area contributed by atoms with Gasteiger partial charge in [0.15, 0.2) is 0 Å². The molecule has 1 aliphatic rings. The predicted molar refractivity (Wildman–Crippen MR) is 56.2 cm³/mol. The molecule has 0 bridgehead atoms. The smallest absolute Gasteiger partial charge is 0.308 e. The summed E-state index contributed by atoms with van der Waals surface area (Å²) in [6, 6.07) is -0.209. The quantitative estimate of drug-likeness (QED) is 0.678. The lowest BCUT2D eigenvalue weighted by Gasteiger charge is -2.23. The van der Waals surface area contributed by atoms with Crippen LogP contribution in [0.2, 0.25) is 0 Å². The van der Waals surface area contributed by atoms with Gasteiger partial charge in [0.2, 0.25) is 0 Å². The number of amides is 2. The molecule has 0 unspecified atom stereocenters. The number of hydrogen-bond donors (Lipinski definition) is 2. The maximum absolute atomic E-state index is 11.0. The van der Waals surface area contributed by atoms with Gasteiger partial charge in [0, 0.05) is 10.4 Å². The van der Waals surface area contributed by atoms with Crippen LogP contribution < -0.4 is 10.6 Å². The van der Waals surface area contributed by atoms with E-state index in [0.717, 1.165) is 5.03 Å². The van der Waals surface area contributed by atoms with Gasteiger partial charge < -0.3 is 10.6 Å². The molecule has 3 nitrogen and oxygen atoms in total. The van der Waals surface area contributed by atoms with Crippen molar-refractivity contribution >= 4 is 17.8 Å². The molecule has 72 valence electrons. The first-order chi connectivity index (χ1) is 5.87. The standard InChI is InChI=1S/C9H14N2OS/c1-6-5-7(11-8(12)10-6)13-9(2,3)4/h5H,1H2,2-4H3,(H2,10,11,12). The summed E-state index contributed by atoms with van der Waals surface area (Å²) in [5.41, 5.74) is 0.635. The summed E-state index contributed by atoms with van der Waals surface area (Å²) in [6.45, 7) is 9.96. The summed E-state index contributed by atoms with van der Waals surface area (Å²) in [5.74, 6) is 0. The summed E-state index contributed by atoms with van der Waals surface area (Å²) in [6.07, 6.45) is 1.83. The Morgan fingerprint density at radius 2 is 2.00 bits per heavy atom. The lowest BCUT2D eigenvalue weighted by molar-refractivity contribution is 0.246. The van der Waals surface area contributed by atoms with Crippen LogP contribution in [-0.2, 0) is 0 Å². The highest BCUT2D eigenvalue weighted by Gasteiger charge is 2.18. The van der Waals surface area contributed by atoms with Crippen molar-refractivity contribution in [3.63, 3.8) is 0 Å². The number of carbonyl (C=O) groups excluding carboxylic acids is 1. The summed E-state index contributed by atoms with van der Waals surface area (Å²) in [7, 11) is 0. The minimum Gasteiger partial charge on any atom is -0.308 e. The van der Waals surface area contributed by atoms with Gasteiger partial charge in [-0.3, -0.25) is 0 Å². The molecule has 13 heavy (non-hydrogen) atoms. The minimum atomic E-state index is -0.209. The molecule has 1 rings (SSSR count). The van der Waals surface area contributed by atoms with Gasteiger partial charge in [-0.2, -0.15) is 0 Å². The van der Waals surface area contributed by atoms with E-state index in [0.29, 0.717) is 5.70 Å². The zero-order valence-electron chi connectivity index (χ0n) is 8.10. The lowest BCUT2D eigenvalue weighted by Crippen LogP contribution is -2.37. The Bertz CT molecular complexity index is 276. The molecular weight excluding hydrogens is 184 g/mol. The maximum Gasteiger partial charge on any atom is 0.324 e. The monoisotopic (exact) mass is 198 g/mol. The number of carbonyl (C=O) groups is 1. The fourth-order valence-corrected chi connectivity index (χ4v) is 1.91. The van der Waals surface area contributed by atoms with E-state index in [-0.39, 0.29) is 10.8 Å². The number of nitrogens with one attached hydrogen (secondary N) is 2. The summed E-state index contributed by atoms with van der Waals surface area (Å²) >= 11 is 1.61. The van der Waals surface area contributed by atoms with Crippen molar-refractivity contribution in [2.24, 2.45) is 0 Å². The van der Waals surface area contributed by atoms with E-state index in [9.17, 15) is 4.79 Å². The molecule has 1 aliphatic heterocycles. The van der Waals surface area contributed by atoms with Crippen LogP contribution in [0.4, 0.5) is 4.79 Å². The number of allylic oxidation sites excluding steroid dienone is 1. The van der Waals surface area contributed by atoms with E-state index in [2.05, 4.69) is 38.0 Å². The van der Waals surface area contributed by atoms with Crippen LogP contribution in [0.1, 0.15) is 20.8 Å². The van der Waals surface area contributed by atoms with Crippen LogP contribution >= 0.6 is 11.8 Å². The molecule has 4 heteroatoms.